The molecule has 1 atom stereocenters. The Bertz CT molecular complexity index is 577. The van der Waals surface area contributed by atoms with Crippen molar-refractivity contribution in [2.45, 2.75) is 18.9 Å². The smallest absolute Gasteiger partial charge is 0.124 e. The Morgan fingerprint density at radius 1 is 1.11 bits per heavy atom. The zero-order valence-corrected chi connectivity index (χ0v) is 11.5. The fraction of sp³-hybridized carbons (Fsp3) is 0.214. The minimum Gasteiger partial charge on any atom is -0.392 e. The highest BCUT2D eigenvalue weighted by molar-refractivity contribution is 6.31. The number of halogens is 3. The van der Waals surface area contributed by atoms with Crippen molar-refractivity contribution in [1.29, 1.82) is 0 Å². The van der Waals surface area contributed by atoms with Gasteiger partial charge in [0.2, 0.25) is 0 Å². The van der Waals surface area contributed by atoms with Crippen LogP contribution >= 0.6 is 23.2 Å². The van der Waals surface area contributed by atoms with Gasteiger partial charge in [-0.25, -0.2) is 4.39 Å². The maximum absolute atomic E-state index is 12.9. The fourth-order valence-electron chi connectivity index (χ4n) is 1.84. The Morgan fingerprint density at radius 2 is 1.79 bits per heavy atom. The molecule has 1 N–H and O–H groups in total. The van der Waals surface area contributed by atoms with Gasteiger partial charge in [-0.3, -0.25) is 4.98 Å². The largest absolute Gasteiger partial charge is 0.392 e. The maximum atomic E-state index is 12.9. The molecule has 1 aromatic heterocycles. The molecule has 0 saturated heterocycles. The third-order valence-corrected chi connectivity index (χ3v) is 3.47. The molecule has 2 nitrogen and oxygen atoms in total. The number of pyridine rings is 1. The fourth-order valence-corrected chi connectivity index (χ4v) is 2.28. The van der Waals surface area contributed by atoms with Crippen molar-refractivity contribution < 1.29 is 9.50 Å². The molecule has 0 radical (unpaired) electrons. The van der Waals surface area contributed by atoms with Gasteiger partial charge in [-0.1, -0.05) is 29.3 Å². The lowest BCUT2D eigenvalue weighted by atomic mass is 10.0. The van der Waals surface area contributed by atoms with Crippen LogP contribution in [0.2, 0.25) is 10.0 Å². The number of aliphatic hydroxyl groups excluding tert-OH is 1. The molecule has 100 valence electrons. The Morgan fingerprint density at radius 3 is 2.42 bits per heavy atom. The van der Waals surface area contributed by atoms with E-state index in [1.54, 1.807) is 18.3 Å². The van der Waals surface area contributed by atoms with Gasteiger partial charge < -0.3 is 5.11 Å². The highest BCUT2D eigenvalue weighted by atomic mass is 35.5. The summed E-state index contributed by atoms with van der Waals surface area (Å²) in [5, 5.41) is 10.9. The summed E-state index contributed by atoms with van der Waals surface area (Å²) in [5.74, 6) is -0.389. The summed E-state index contributed by atoms with van der Waals surface area (Å²) in [5.41, 5.74) is 1.53. The van der Waals surface area contributed by atoms with Crippen LogP contribution in [0.1, 0.15) is 11.1 Å². The monoisotopic (exact) mass is 299 g/mol. The van der Waals surface area contributed by atoms with Gasteiger partial charge in [-0.15, -0.1) is 0 Å². The van der Waals surface area contributed by atoms with E-state index < -0.39 is 6.10 Å². The summed E-state index contributed by atoms with van der Waals surface area (Å²) < 4.78 is 12.9. The minimum absolute atomic E-state index is 0.319. The van der Waals surface area contributed by atoms with Crippen molar-refractivity contribution in [2.75, 3.05) is 0 Å². The molecule has 0 amide bonds. The maximum Gasteiger partial charge on any atom is 0.124 e. The van der Waals surface area contributed by atoms with E-state index in [2.05, 4.69) is 4.98 Å². The quantitative estimate of drug-likeness (QED) is 0.934. The molecule has 0 bridgehead atoms. The predicted molar refractivity (Wildman–Crippen MR) is 74.1 cm³/mol. The van der Waals surface area contributed by atoms with Gasteiger partial charge in [-0.05, 0) is 29.3 Å². The van der Waals surface area contributed by atoms with Gasteiger partial charge in [0.05, 0.1) is 11.1 Å². The van der Waals surface area contributed by atoms with Crippen LogP contribution in [0.25, 0.3) is 0 Å². The number of hydrogen-bond donors (Lipinski definition) is 1. The number of rotatable bonds is 4. The summed E-state index contributed by atoms with van der Waals surface area (Å²) in [6.07, 6.45) is 3.27. The molecular formula is C14H12Cl2FNO. The lowest BCUT2D eigenvalue weighted by Gasteiger charge is -2.12. The lowest BCUT2D eigenvalue weighted by Crippen LogP contribution is -2.14. The predicted octanol–water partition coefficient (Wildman–Crippen LogP) is 3.67. The van der Waals surface area contributed by atoms with Crippen LogP contribution in [0, 0.1) is 5.82 Å². The average Bonchev–Trinajstić information content (AvgIpc) is 2.36. The first-order chi connectivity index (χ1) is 9.06. The summed E-state index contributed by atoms with van der Waals surface area (Å²) in [4.78, 5) is 3.88. The van der Waals surface area contributed by atoms with E-state index in [1.807, 2.05) is 0 Å². The molecule has 1 aromatic carbocycles. The minimum atomic E-state index is -0.636. The summed E-state index contributed by atoms with van der Waals surface area (Å²) in [6, 6.07) is 5.91. The number of benzene rings is 1. The van der Waals surface area contributed by atoms with Crippen molar-refractivity contribution in [3.05, 3.63) is 63.6 Å². The van der Waals surface area contributed by atoms with Crippen molar-refractivity contribution >= 4 is 23.2 Å². The Kier molecular flexibility index (Phi) is 4.75. The zero-order valence-electron chi connectivity index (χ0n) is 9.98. The van der Waals surface area contributed by atoms with Crippen molar-refractivity contribution in [3.8, 4) is 0 Å². The highest BCUT2D eigenvalue weighted by Crippen LogP contribution is 2.21. The van der Waals surface area contributed by atoms with Crippen LogP contribution in [-0.4, -0.2) is 16.2 Å². The second-order valence-corrected chi connectivity index (χ2v) is 5.08. The second-order valence-electron chi connectivity index (χ2n) is 4.26. The van der Waals surface area contributed by atoms with E-state index in [9.17, 15) is 9.50 Å². The SMILES string of the molecule is OC(Cc1ccncc1Cl)Cc1ccc(F)cc1Cl. The Balaban J connectivity index is 2.05. The van der Waals surface area contributed by atoms with Crippen LogP contribution in [0.15, 0.2) is 36.7 Å². The topological polar surface area (TPSA) is 33.1 Å². The normalized spacial score (nSPS) is 12.4. The first kappa shape index (κ1) is 14.3. The number of hydrogen-bond acceptors (Lipinski definition) is 2. The highest BCUT2D eigenvalue weighted by Gasteiger charge is 2.12. The molecule has 0 fully saturated rings. The number of aliphatic hydroxyl groups is 1. The molecular weight excluding hydrogens is 288 g/mol. The van der Waals surface area contributed by atoms with Gasteiger partial charge in [0.15, 0.2) is 0 Å². The summed E-state index contributed by atoms with van der Waals surface area (Å²) in [7, 11) is 0. The van der Waals surface area contributed by atoms with Crippen molar-refractivity contribution in [2.24, 2.45) is 0 Å². The van der Waals surface area contributed by atoms with Crippen LogP contribution in [0.4, 0.5) is 4.39 Å². The van der Waals surface area contributed by atoms with Crippen LogP contribution in [0.3, 0.4) is 0 Å². The van der Waals surface area contributed by atoms with Crippen LogP contribution in [0.5, 0.6) is 0 Å². The van der Waals surface area contributed by atoms with Gasteiger partial charge in [-0.2, -0.15) is 0 Å². The molecule has 0 spiro atoms. The van der Waals surface area contributed by atoms with Crippen molar-refractivity contribution in [3.63, 3.8) is 0 Å². The summed E-state index contributed by atoms with van der Waals surface area (Å²) in [6.45, 7) is 0. The average molecular weight is 300 g/mol. The second kappa shape index (κ2) is 6.33. The lowest BCUT2D eigenvalue weighted by molar-refractivity contribution is 0.175. The van der Waals surface area contributed by atoms with Crippen molar-refractivity contribution in [1.82, 2.24) is 4.98 Å². The molecule has 0 aliphatic rings. The van der Waals surface area contributed by atoms with Gasteiger partial charge in [0, 0.05) is 30.3 Å². The molecule has 1 unspecified atom stereocenters. The third kappa shape index (κ3) is 3.90. The molecule has 1 heterocycles. The van der Waals surface area contributed by atoms with Gasteiger partial charge in [0.1, 0.15) is 5.82 Å². The first-order valence-corrected chi connectivity index (χ1v) is 6.52. The zero-order chi connectivity index (χ0) is 13.8. The molecule has 19 heavy (non-hydrogen) atoms. The molecule has 2 rings (SSSR count). The first-order valence-electron chi connectivity index (χ1n) is 5.76. The third-order valence-electron chi connectivity index (χ3n) is 2.78. The molecule has 0 saturated carbocycles. The molecule has 5 heteroatoms. The standard InChI is InChI=1S/C14H12Cl2FNO/c15-13-7-11(17)2-1-9(13)5-12(19)6-10-3-4-18-8-14(10)16/h1-4,7-8,12,19H,5-6H2. The molecule has 0 aliphatic carbocycles. The number of aromatic nitrogens is 1. The van der Waals surface area contributed by atoms with Crippen LogP contribution < -0.4 is 0 Å². The summed E-state index contributed by atoms with van der Waals surface area (Å²) >= 11 is 11.9. The molecule has 2 aromatic rings. The van der Waals surface area contributed by atoms with E-state index >= 15 is 0 Å². The van der Waals surface area contributed by atoms with E-state index in [1.165, 1.54) is 18.3 Å². The van der Waals surface area contributed by atoms with E-state index in [0.717, 1.165) is 5.56 Å². The number of nitrogens with zero attached hydrogens (tertiary/aromatic N) is 1. The Labute approximate surface area is 120 Å². The van der Waals surface area contributed by atoms with Gasteiger partial charge in [0.25, 0.3) is 0 Å². The Hall–Kier alpha value is -1.16. The van der Waals surface area contributed by atoms with E-state index in [0.29, 0.717) is 28.5 Å². The van der Waals surface area contributed by atoms with Crippen LogP contribution in [-0.2, 0) is 12.8 Å². The van der Waals surface area contributed by atoms with E-state index in [-0.39, 0.29) is 5.82 Å². The molecule has 0 aliphatic heterocycles. The van der Waals surface area contributed by atoms with Gasteiger partial charge >= 0.3 is 0 Å². The van der Waals surface area contributed by atoms with E-state index in [4.69, 9.17) is 23.2 Å².